The summed E-state index contributed by atoms with van der Waals surface area (Å²) in [5, 5.41) is 3.82. The molecule has 0 radical (unpaired) electrons. The largest absolute Gasteiger partial charge is 0.310 e. The predicted octanol–water partition coefficient (Wildman–Crippen LogP) is 2.95. The first-order chi connectivity index (χ1) is 8.76. The van der Waals surface area contributed by atoms with Crippen LogP contribution in [0.1, 0.15) is 51.9 Å². The summed E-state index contributed by atoms with van der Waals surface area (Å²) < 4.78 is 0. The second-order valence-corrected chi connectivity index (χ2v) is 6.75. The molecule has 2 aliphatic carbocycles. The topological polar surface area (TPSA) is 15.3 Å². The Labute approximate surface area is 112 Å². The van der Waals surface area contributed by atoms with E-state index in [2.05, 4.69) is 23.2 Å². The van der Waals surface area contributed by atoms with Crippen LogP contribution in [0.3, 0.4) is 0 Å². The molecule has 1 aliphatic heterocycles. The van der Waals surface area contributed by atoms with E-state index in [-0.39, 0.29) is 0 Å². The number of allylic oxidation sites excluding steroid dienone is 1. The van der Waals surface area contributed by atoms with Crippen LogP contribution in [-0.2, 0) is 0 Å². The fourth-order valence-corrected chi connectivity index (χ4v) is 3.73. The number of nitrogens with zero attached hydrogens (tertiary/aromatic N) is 1. The van der Waals surface area contributed by atoms with Crippen molar-refractivity contribution in [1.82, 2.24) is 10.2 Å². The van der Waals surface area contributed by atoms with Gasteiger partial charge in [0.05, 0.1) is 0 Å². The van der Waals surface area contributed by atoms with E-state index in [9.17, 15) is 0 Å². The molecular formula is C16H28N2. The first kappa shape index (κ1) is 12.7. The molecule has 2 nitrogen and oxygen atoms in total. The average molecular weight is 248 g/mol. The van der Waals surface area contributed by atoms with E-state index in [0.29, 0.717) is 5.54 Å². The molecule has 1 unspecified atom stereocenters. The molecule has 3 rings (SSSR count). The quantitative estimate of drug-likeness (QED) is 0.770. The number of hydrogen-bond donors (Lipinski definition) is 1. The van der Waals surface area contributed by atoms with E-state index in [1.807, 2.05) is 0 Å². The van der Waals surface area contributed by atoms with Gasteiger partial charge in [0.25, 0.3) is 0 Å². The molecule has 2 fully saturated rings. The van der Waals surface area contributed by atoms with Gasteiger partial charge in [-0.25, -0.2) is 0 Å². The minimum Gasteiger partial charge on any atom is -0.310 e. The van der Waals surface area contributed by atoms with Crippen LogP contribution < -0.4 is 5.32 Å². The lowest BCUT2D eigenvalue weighted by molar-refractivity contribution is 0.202. The van der Waals surface area contributed by atoms with Crippen molar-refractivity contribution in [1.29, 1.82) is 0 Å². The number of hydrogen-bond acceptors (Lipinski definition) is 2. The summed E-state index contributed by atoms with van der Waals surface area (Å²) in [5.41, 5.74) is 2.13. The van der Waals surface area contributed by atoms with Crippen LogP contribution in [0.25, 0.3) is 0 Å². The molecule has 0 aromatic carbocycles. The summed E-state index contributed by atoms with van der Waals surface area (Å²) in [6.07, 6.45) is 12.1. The van der Waals surface area contributed by atoms with E-state index >= 15 is 0 Å². The zero-order valence-electron chi connectivity index (χ0n) is 11.9. The van der Waals surface area contributed by atoms with Crippen LogP contribution in [0.15, 0.2) is 11.6 Å². The van der Waals surface area contributed by atoms with Crippen LogP contribution in [0.4, 0.5) is 0 Å². The third-order valence-electron chi connectivity index (χ3n) is 5.09. The van der Waals surface area contributed by atoms with Gasteiger partial charge in [-0.15, -0.1) is 0 Å². The molecule has 3 aliphatic rings. The summed E-state index contributed by atoms with van der Waals surface area (Å²) >= 11 is 0. The van der Waals surface area contributed by atoms with Crippen molar-refractivity contribution in [3.05, 3.63) is 11.6 Å². The van der Waals surface area contributed by atoms with Crippen molar-refractivity contribution in [3.8, 4) is 0 Å². The Balaban J connectivity index is 1.53. The Kier molecular flexibility index (Phi) is 3.76. The van der Waals surface area contributed by atoms with Crippen molar-refractivity contribution in [2.24, 2.45) is 5.92 Å². The normalized spacial score (nSPS) is 34.4. The third kappa shape index (κ3) is 2.97. The van der Waals surface area contributed by atoms with Crippen LogP contribution >= 0.6 is 0 Å². The maximum atomic E-state index is 3.82. The van der Waals surface area contributed by atoms with Gasteiger partial charge in [0, 0.05) is 18.6 Å². The van der Waals surface area contributed by atoms with Gasteiger partial charge in [0.15, 0.2) is 0 Å². The Morgan fingerprint density at radius 2 is 2.28 bits per heavy atom. The molecule has 1 saturated heterocycles. The highest BCUT2D eigenvalue weighted by atomic mass is 15.2. The second kappa shape index (κ2) is 5.34. The molecule has 1 saturated carbocycles. The van der Waals surface area contributed by atoms with Gasteiger partial charge in [-0.3, -0.25) is 0 Å². The van der Waals surface area contributed by atoms with Gasteiger partial charge in [-0.2, -0.15) is 0 Å². The van der Waals surface area contributed by atoms with E-state index in [1.165, 1.54) is 71.1 Å². The van der Waals surface area contributed by atoms with Gasteiger partial charge in [0.2, 0.25) is 0 Å². The molecule has 0 aromatic heterocycles. The lowest BCUT2D eigenvalue weighted by Gasteiger charge is -2.34. The van der Waals surface area contributed by atoms with Gasteiger partial charge in [-0.1, -0.05) is 11.6 Å². The fraction of sp³-hybridized carbons (Fsp3) is 0.875. The molecule has 0 aromatic rings. The molecule has 0 bridgehead atoms. The highest BCUT2D eigenvalue weighted by molar-refractivity contribution is 5.08. The molecule has 102 valence electrons. The summed E-state index contributed by atoms with van der Waals surface area (Å²) in [7, 11) is 0. The maximum absolute atomic E-state index is 3.82. The first-order valence-corrected chi connectivity index (χ1v) is 7.91. The van der Waals surface area contributed by atoms with Crippen molar-refractivity contribution in [2.45, 2.75) is 57.4 Å². The minimum atomic E-state index is 0.403. The van der Waals surface area contributed by atoms with Crippen molar-refractivity contribution in [2.75, 3.05) is 26.2 Å². The second-order valence-electron chi connectivity index (χ2n) is 6.75. The molecule has 0 amide bonds. The van der Waals surface area contributed by atoms with Crippen molar-refractivity contribution >= 4 is 0 Å². The molecule has 18 heavy (non-hydrogen) atoms. The maximum Gasteiger partial charge on any atom is 0.0308 e. The molecule has 2 heteroatoms. The lowest BCUT2D eigenvalue weighted by Crippen LogP contribution is -2.51. The summed E-state index contributed by atoms with van der Waals surface area (Å²) in [5.74, 6) is 0.948. The molecule has 1 N–H and O–H groups in total. The third-order valence-corrected chi connectivity index (χ3v) is 5.09. The number of nitrogens with one attached hydrogen (secondary N) is 1. The lowest BCUT2D eigenvalue weighted by atomic mass is 9.95. The van der Waals surface area contributed by atoms with Crippen molar-refractivity contribution < 1.29 is 0 Å². The standard InChI is InChI=1S/C16H28N2/c1-16(15-7-8-15)13-18(11-4-10-17-16)12-9-14-5-2-3-6-14/h5,15,17H,2-4,6-13H2,1H3. The molecule has 0 spiro atoms. The van der Waals surface area contributed by atoms with Gasteiger partial charge in [0.1, 0.15) is 0 Å². The monoisotopic (exact) mass is 248 g/mol. The Morgan fingerprint density at radius 1 is 1.39 bits per heavy atom. The summed E-state index contributed by atoms with van der Waals surface area (Å²) in [4.78, 5) is 2.72. The summed E-state index contributed by atoms with van der Waals surface area (Å²) in [6.45, 7) is 7.52. The predicted molar refractivity (Wildman–Crippen MR) is 76.7 cm³/mol. The summed E-state index contributed by atoms with van der Waals surface area (Å²) in [6, 6.07) is 0. The van der Waals surface area contributed by atoms with Gasteiger partial charge >= 0.3 is 0 Å². The molecular weight excluding hydrogens is 220 g/mol. The Bertz CT molecular complexity index is 319. The van der Waals surface area contributed by atoms with E-state index in [4.69, 9.17) is 0 Å². The van der Waals surface area contributed by atoms with Crippen LogP contribution in [0.5, 0.6) is 0 Å². The zero-order chi connectivity index (χ0) is 12.4. The van der Waals surface area contributed by atoms with E-state index in [0.717, 1.165) is 5.92 Å². The minimum absolute atomic E-state index is 0.403. The van der Waals surface area contributed by atoms with Gasteiger partial charge in [-0.05, 0) is 70.9 Å². The van der Waals surface area contributed by atoms with E-state index in [1.54, 1.807) is 5.57 Å². The van der Waals surface area contributed by atoms with E-state index < -0.39 is 0 Å². The molecule has 1 atom stereocenters. The highest BCUT2D eigenvalue weighted by Crippen LogP contribution is 2.40. The zero-order valence-corrected chi connectivity index (χ0v) is 11.9. The number of rotatable bonds is 4. The Morgan fingerprint density at radius 3 is 3.00 bits per heavy atom. The SMILES string of the molecule is CC1(C2CC2)CN(CCC2=CCCC2)CCCN1. The van der Waals surface area contributed by atoms with Crippen LogP contribution in [0.2, 0.25) is 0 Å². The smallest absolute Gasteiger partial charge is 0.0308 e. The first-order valence-electron chi connectivity index (χ1n) is 7.91. The average Bonchev–Trinajstić information content (AvgIpc) is 3.12. The fourth-order valence-electron chi connectivity index (χ4n) is 3.73. The Hall–Kier alpha value is -0.340. The molecule has 1 heterocycles. The van der Waals surface area contributed by atoms with Crippen LogP contribution in [-0.4, -0.2) is 36.6 Å². The van der Waals surface area contributed by atoms with Crippen LogP contribution in [0, 0.1) is 5.92 Å². The van der Waals surface area contributed by atoms with Crippen molar-refractivity contribution in [3.63, 3.8) is 0 Å². The van der Waals surface area contributed by atoms with Gasteiger partial charge < -0.3 is 10.2 Å². The highest BCUT2D eigenvalue weighted by Gasteiger charge is 2.42.